The summed E-state index contributed by atoms with van der Waals surface area (Å²) >= 11 is 0. The predicted octanol–water partition coefficient (Wildman–Crippen LogP) is 3.33. The second kappa shape index (κ2) is 9.14. The minimum atomic E-state index is -0.446. The molecule has 0 radical (unpaired) electrons. The molecule has 0 aliphatic rings. The minimum Gasteiger partial charge on any atom is -0.341 e. The first-order chi connectivity index (χ1) is 13.6. The molecule has 0 saturated carbocycles. The zero-order valence-corrected chi connectivity index (χ0v) is 15.8. The summed E-state index contributed by atoms with van der Waals surface area (Å²) in [7, 11) is 0. The Labute approximate surface area is 163 Å². The number of carbonyl (C=O) groups is 2. The number of hydroxylamine groups is 1. The highest BCUT2D eigenvalue weighted by Gasteiger charge is 2.09. The zero-order valence-electron chi connectivity index (χ0n) is 15.8. The molecule has 0 saturated heterocycles. The molecule has 3 rings (SSSR count). The van der Waals surface area contributed by atoms with Gasteiger partial charge in [-0.15, -0.1) is 0 Å². The van der Waals surface area contributed by atoms with Gasteiger partial charge in [0.25, 0.3) is 0 Å². The molecule has 0 atom stereocenters. The molecule has 7 nitrogen and oxygen atoms in total. The number of aromatic nitrogens is 1. The van der Waals surface area contributed by atoms with Gasteiger partial charge in [-0.05, 0) is 43.5 Å². The SMILES string of the molecule is CCn1c2ccccc2c2cc(/C=N/NC(=O)CCCCC(=O)NO)ccc21. The van der Waals surface area contributed by atoms with Crippen molar-refractivity contribution in [1.82, 2.24) is 15.5 Å². The highest BCUT2D eigenvalue weighted by atomic mass is 16.5. The van der Waals surface area contributed by atoms with Crippen LogP contribution in [-0.4, -0.2) is 27.8 Å². The number of hydrogen-bond acceptors (Lipinski definition) is 4. The molecule has 146 valence electrons. The van der Waals surface area contributed by atoms with Crippen molar-refractivity contribution in [2.24, 2.45) is 5.10 Å². The van der Waals surface area contributed by atoms with Gasteiger partial charge in [0.2, 0.25) is 11.8 Å². The number of carbonyl (C=O) groups excluding carboxylic acids is 2. The molecule has 0 aliphatic heterocycles. The van der Waals surface area contributed by atoms with E-state index in [1.165, 1.54) is 16.4 Å². The largest absolute Gasteiger partial charge is 0.341 e. The molecule has 1 aromatic heterocycles. The van der Waals surface area contributed by atoms with Crippen LogP contribution in [0, 0.1) is 0 Å². The normalized spacial score (nSPS) is 11.4. The summed E-state index contributed by atoms with van der Waals surface area (Å²) in [5.41, 5.74) is 7.37. The van der Waals surface area contributed by atoms with Gasteiger partial charge in [-0.25, -0.2) is 10.9 Å². The highest BCUT2D eigenvalue weighted by molar-refractivity contribution is 6.09. The van der Waals surface area contributed by atoms with Gasteiger partial charge in [0.15, 0.2) is 0 Å². The van der Waals surface area contributed by atoms with Crippen LogP contribution in [0.2, 0.25) is 0 Å². The molecule has 0 bridgehead atoms. The van der Waals surface area contributed by atoms with Crippen molar-refractivity contribution in [3.63, 3.8) is 0 Å². The van der Waals surface area contributed by atoms with Crippen LogP contribution in [0.25, 0.3) is 21.8 Å². The monoisotopic (exact) mass is 380 g/mol. The third kappa shape index (κ3) is 4.37. The summed E-state index contributed by atoms with van der Waals surface area (Å²) in [6.45, 7) is 3.03. The van der Waals surface area contributed by atoms with Crippen LogP contribution in [0.4, 0.5) is 0 Å². The van der Waals surface area contributed by atoms with E-state index in [-0.39, 0.29) is 18.7 Å². The molecule has 2 amide bonds. The third-order valence-electron chi connectivity index (χ3n) is 4.70. The predicted molar refractivity (Wildman–Crippen MR) is 109 cm³/mol. The number of aryl methyl sites for hydroxylation is 1. The van der Waals surface area contributed by atoms with Crippen LogP contribution in [0.1, 0.15) is 38.2 Å². The lowest BCUT2D eigenvalue weighted by atomic mass is 10.1. The first-order valence-corrected chi connectivity index (χ1v) is 9.40. The van der Waals surface area contributed by atoms with Crippen molar-refractivity contribution in [2.45, 2.75) is 39.2 Å². The number of hydrazone groups is 1. The molecule has 0 spiro atoms. The molecule has 7 heteroatoms. The Morgan fingerprint density at radius 2 is 1.75 bits per heavy atom. The number of rotatable bonds is 8. The fourth-order valence-corrected chi connectivity index (χ4v) is 3.35. The van der Waals surface area contributed by atoms with Crippen molar-refractivity contribution in [2.75, 3.05) is 0 Å². The van der Waals surface area contributed by atoms with E-state index in [0.29, 0.717) is 12.8 Å². The van der Waals surface area contributed by atoms with Crippen LogP contribution in [0.15, 0.2) is 47.6 Å². The molecule has 0 aliphatic carbocycles. The maximum atomic E-state index is 11.8. The van der Waals surface area contributed by atoms with Gasteiger partial charge in [0.05, 0.1) is 6.21 Å². The smallest absolute Gasteiger partial charge is 0.243 e. The van der Waals surface area contributed by atoms with Crippen LogP contribution < -0.4 is 10.9 Å². The number of nitrogens with zero attached hydrogens (tertiary/aromatic N) is 2. The summed E-state index contributed by atoms with van der Waals surface area (Å²) < 4.78 is 2.28. The van der Waals surface area contributed by atoms with Gasteiger partial charge in [-0.2, -0.15) is 5.10 Å². The Hall–Kier alpha value is -3.19. The van der Waals surface area contributed by atoms with Gasteiger partial charge >= 0.3 is 0 Å². The van der Waals surface area contributed by atoms with Gasteiger partial charge in [0.1, 0.15) is 0 Å². The summed E-state index contributed by atoms with van der Waals surface area (Å²) in [5, 5.41) is 14.8. The van der Waals surface area contributed by atoms with Crippen LogP contribution >= 0.6 is 0 Å². The Bertz CT molecular complexity index is 1020. The lowest BCUT2D eigenvalue weighted by Gasteiger charge is -2.03. The molecular formula is C21H24N4O3. The number of fused-ring (bicyclic) bond motifs is 3. The van der Waals surface area contributed by atoms with Crippen molar-refractivity contribution >= 4 is 39.8 Å². The van der Waals surface area contributed by atoms with E-state index in [4.69, 9.17) is 5.21 Å². The van der Waals surface area contributed by atoms with Crippen molar-refractivity contribution in [3.8, 4) is 0 Å². The Morgan fingerprint density at radius 1 is 1.04 bits per heavy atom. The average molecular weight is 380 g/mol. The van der Waals surface area contributed by atoms with E-state index in [0.717, 1.165) is 17.5 Å². The van der Waals surface area contributed by atoms with Crippen LogP contribution in [0.3, 0.4) is 0 Å². The van der Waals surface area contributed by atoms with Gasteiger partial charge < -0.3 is 4.57 Å². The molecular weight excluding hydrogens is 356 g/mol. The van der Waals surface area contributed by atoms with E-state index in [2.05, 4.69) is 46.3 Å². The average Bonchev–Trinajstić information content (AvgIpc) is 3.04. The quantitative estimate of drug-likeness (QED) is 0.242. The van der Waals surface area contributed by atoms with Gasteiger partial charge in [0, 0.05) is 41.2 Å². The maximum absolute atomic E-state index is 11.8. The number of unbranched alkanes of at least 4 members (excludes halogenated alkanes) is 1. The van der Waals surface area contributed by atoms with E-state index in [1.807, 2.05) is 18.2 Å². The van der Waals surface area contributed by atoms with Crippen molar-refractivity contribution < 1.29 is 14.8 Å². The van der Waals surface area contributed by atoms with E-state index in [1.54, 1.807) is 11.7 Å². The van der Waals surface area contributed by atoms with E-state index >= 15 is 0 Å². The Balaban J connectivity index is 1.64. The molecule has 3 aromatic rings. The Kier molecular flexibility index (Phi) is 6.39. The lowest BCUT2D eigenvalue weighted by Crippen LogP contribution is -2.19. The molecule has 0 fully saturated rings. The lowest BCUT2D eigenvalue weighted by molar-refractivity contribution is -0.129. The van der Waals surface area contributed by atoms with Crippen LogP contribution in [-0.2, 0) is 16.1 Å². The second-order valence-corrected chi connectivity index (χ2v) is 6.57. The summed E-state index contributed by atoms with van der Waals surface area (Å²) in [6, 6.07) is 14.5. The number of nitrogens with one attached hydrogen (secondary N) is 2. The fourth-order valence-electron chi connectivity index (χ4n) is 3.35. The standard InChI is InChI=1S/C21H24N4O3/c1-2-25-18-8-4-3-7-16(18)17-13-15(11-12-19(17)25)14-22-23-20(26)9-5-6-10-21(27)24-28/h3-4,7-8,11-14,28H,2,5-6,9-10H2,1H3,(H,23,26)(H,24,27)/b22-14+. The molecule has 3 N–H and O–H groups in total. The maximum Gasteiger partial charge on any atom is 0.243 e. The summed E-state index contributed by atoms with van der Waals surface area (Å²) in [6.07, 6.45) is 3.19. The van der Waals surface area contributed by atoms with Crippen molar-refractivity contribution in [3.05, 3.63) is 48.0 Å². The number of benzene rings is 2. The number of amides is 2. The molecule has 0 unspecified atom stereocenters. The summed E-state index contributed by atoms with van der Waals surface area (Å²) in [5.74, 6) is -0.650. The number of hydrogen-bond donors (Lipinski definition) is 3. The summed E-state index contributed by atoms with van der Waals surface area (Å²) in [4.78, 5) is 22.7. The number of para-hydroxylation sites is 1. The topological polar surface area (TPSA) is 95.7 Å². The first-order valence-electron chi connectivity index (χ1n) is 9.40. The van der Waals surface area contributed by atoms with Gasteiger partial charge in [-0.1, -0.05) is 24.3 Å². The van der Waals surface area contributed by atoms with Crippen molar-refractivity contribution in [1.29, 1.82) is 0 Å². The van der Waals surface area contributed by atoms with Crippen LogP contribution in [0.5, 0.6) is 0 Å². The zero-order chi connectivity index (χ0) is 19.9. The second-order valence-electron chi connectivity index (χ2n) is 6.57. The Morgan fingerprint density at radius 3 is 2.50 bits per heavy atom. The van der Waals surface area contributed by atoms with Gasteiger partial charge in [-0.3, -0.25) is 14.8 Å². The highest BCUT2D eigenvalue weighted by Crippen LogP contribution is 2.29. The molecule has 1 heterocycles. The third-order valence-corrected chi connectivity index (χ3v) is 4.70. The first kappa shape index (κ1) is 19.6. The molecule has 28 heavy (non-hydrogen) atoms. The fraction of sp³-hybridized carbons (Fsp3) is 0.286. The molecule has 2 aromatic carbocycles. The van der Waals surface area contributed by atoms with E-state index in [9.17, 15) is 9.59 Å². The minimum absolute atomic E-state index is 0.193. The van der Waals surface area contributed by atoms with E-state index < -0.39 is 5.91 Å².